The van der Waals surface area contributed by atoms with Crippen LogP contribution >= 0.6 is 24.0 Å². The van der Waals surface area contributed by atoms with Crippen LogP contribution in [0.25, 0.3) is 0 Å². The van der Waals surface area contributed by atoms with E-state index in [1.807, 2.05) is 0 Å². The van der Waals surface area contributed by atoms with Gasteiger partial charge < -0.3 is 20.1 Å². The molecule has 6 heteroatoms. The molecular formula is C22H38IN3O2. The Labute approximate surface area is 188 Å². The highest BCUT2D eigenvalue weighted by molar-refractivity contribution is 14.0. The largest absolute Gasteiger partial charge is 0.381 e. The van der Waals surface area contributed by atoms with Crippen molar-refractivity contribution in [3.8, 4) is 0 Å². The van der Waals surface area contributed by atoms with Gasteiger partial charge in [-0.05, 0) is 44.6 Å². The van der Waals surface area contributed by atoms with E-state index in [0.29, 0.717) is 17.9 Å². The first-order valence-corrected chi connectivity index (χ1v) is 10.5. The number of guanidine groups is 1. The second kappa shape index (κ2) is 15.0. The third-order valence-electron chi connectivity index (χ3n) is 5.20. The molecule has 5 nitrogen and oxygen atoms in total. The Bertz CT molecular complexity index is 536. The van der Waals surface area contributed by atoms with Crippen molar-refractivity contribution in [3.63, 3.8) is 0 Å². The summed E-state index contributed by atoms with van der Waals surface area (Å²) in [5.74, 6) is 1.97. The van der Waals surface area contributed by atoms with Gasteiger partial charge in [-0.1, -0.05) is 37.3 Å². The summed E-state index contributed by atoms with van der Waals surface area (Å²) in [5, 5.41) is 6.89. The minimum atomic E-state index is 0. The molecule has 1 aromatic carbocycles. The van der Waals surface area contributed by atoms with Gasteiger partial charge in [0.2, 0.25) is 0 Å². The van der Waals surface area contributed by atoms with Gasteiger partial charge in [-0.2, -0.15) is 0 Å². The molecule has 1 aliphatic rings. The molecule has 1 fully saturated rings. The summed E-state index contributed by atoms with van der Waals surface area (Å²) in [6.07, 6.45) is 3.21. The highest BCUT2D eigenvalue weighted by Gasteiger charge is 2.15. The van der Waals surface area contributed by atoms with Crippen LogP contribution in [-0.2, 0) is 9.47 Å². The van der Waals surface area contributed by atoms with E-state index in [1.165, 1.54) is 5.56 Å². The van der Waals surface area contributed by atoms with Crippen LogP contribution in [0.2, 0.25) is 0 Å². The van der Waals surface area contributed by atoms with Gasteiger partial charge in [-0.15, -0.1) is 24.0 Å². The molecule has 160 valence electrons. The Kier molecular flexibility index (Phi) is 13.5. The van der Waals surface area contributed by atoms with Crippen molar-refractivity contribution in [1.82, 2.24) is 10.6 Å². The van der Waals surface area contributed by atoms with Gasteiger partial charge in [0.1, 0.15) is 0 Å². The zero-order valence-electron chi connectivity index (χ0n) is 17.7. The maximum Gasteiger partial charge on any atom is 0.191 e. The van der Waals surface area contributed by atoms with Crippen molar-refractivity contribution >= 4 is 29.9 Å². The van der Waals surface area contributed by atoms with E-state index in [-0.39, 0.29) is 24.0 Å². The SMILES string of the molecule is CCNC(=NCCCOCC1CCOCC1)NC(C)C(C)c1ccccc1.I. The Morgan fingerprint density at radius 2 is 1.93 bits per heavy atom. The first kappa shape index (κ1) is 25.2. The maximum atomic E-state index is 5.83. The smallest absolute Gasteiger partial charge is 0.191 e. The van der Waals surface area contributed by atoms with E-state index in [4.69, 9.17) is 14.5 Å². The van der Waals surface area contributed by atoms with Gasteiger partial charge in [0.15, 0.2) is 5.96 Å². The summed E-state index contributed by atoms with van der Waals surface area (Å²) >= 11 is 0. The highest BCUT2D eigenvalue weighted by Crippen LogP contribution is 2.18. The molecule has 0 saturated carbocycles. The number of ether oxygens (including phenoxy) is 2. The number of aliphatic imine (C=N–C) groups is 1. The lowest BCUT2D eigenvalue weighted by molar-refractivity contribution is 0.0205. The van der Waals surface area contributed by atoms with Crippen LogP contribution in [0.4, 0.5) is 0 Å². The number of benzene rings is 1. The second-order valence-electron chi connectivity index (χ2n) is 7.38. The van der Waals surface area contributed by atoms with Gasteiger partial charge in [-0.25, -0.2) is 0 Å². The summed E-state index contributed by atoms with van der Waals surface area (Å²) < 4.78 is 11.2. The van der Waals surface area contributed by atoms with Crippen molar-refractivity contribution < 1.29 is 9.47 Å². The molecule has 2 rings (SSSR count). The molecule has 2 unspecified atom stereocenters. The Hall–Kier alpha value is -0.860. The van der Waals surface area contributed by atoms with Gasteiger partial charge in [0.05, 0.1) is 0 Å². The lowest BCUT2D eigenvalue weighted by Crippen LogP contribution is -2.44. The monoisotopic (exact) mass is 503 g/mol. The Balaban J connectivity index is 0.00000392. The zero-order valence-corrected chi connectivity index (χ0v) is 20.0. The molecule has 2 N–H and O–H groups in total. The van der Waals surface area contributed by atoms with E-state index in [1.54, 1.807) is 0 Å². The predicted octanol–water partition coefficient (Wildman–Crippen LogP) is 4.19. The fraction of sp³-hybridized carbons (Fsp3) is 0.682. The summed E-state index contributed by atoms with van der Waals surface area (Å²) in [5.41, 5.74) is 1.34. The molecule has 1 aliphatic heterocycles. The van der Waals surface area contributed by atoms with Gasteiger partial charge in [-0.3, -0.25) is 4.99 Å². The predicted molar refractivity (Wildman–Crippen MR) is 128 cm³/mol. The van der Waals surface area contributed by atoms with Crippen molar-refractivity contribution in [3.05, 3.63) is 35.9 Å². The number of hydrogen-bond donors (Lipinski definition) is 2. The van der Waals surface area contributed by atoms with Crippen LogP contribution < -0.4 is 10.6 Å². The van der Waals surface area contributed by atoms with Crippen LogP contribution in [0.15, 0.2) is 35.3 Å². The van der Waals surface area contributed by atoms with Crippen LogP contribution in [0.5, 0.6) is 0 Å². The quantitative estimate of drug-likeness (QED) is 0.218. The Morgan fingerprint density at radius 3 is 2.61 bits per heavy atom. The molecule has 0 bridgehead atoms. The van der Waals surface area contributed by atoms with Crippen molar-refractivity contribution in [2.45, 2.75) is 52.0 Å². The molecule has 0 radical (unpaired) electrons. The number of halogens is 1. The fourth-order valence-electron chi connectivity index (χ4n) is 3.23. The van der Waals surface area contributed by atoms with Gasteiger partial charge in [0.25, 0.3) is 0 Å². The van der Waals surface area contributed by atoms with E-state index in [0.717, 1.165) is 64.7 Å². The Morgan fingerprint density at radius 1 is 1.21 bits per heavy atom. The van der Waals surface area contributed by atoms with Crippen LogP contribution in [0.3, 0.4) is 0 Å². The summed E-state index contributed by atoms with van der Waals surface area (Å²) in [6, 6.07) is 10.9. The number of nitrogens with one attached hydrogen (secondary N) is 2. The number of rotatable bonds is 10. The first-order chi connectivity index (χ1) is 13.2. The lowest BCUT2D eigenvalue weighted by Gasteiger charge is -2.24. The summed E-state index contributed by atoms with van der Waals surface area (Å²) in [7, 11) is 0. The topological polar surface area (TPSA) is 54.9 Å². The van der Waals surface area contributed by atoms with Crippen molar-refractivity contribution in [1.29, 1.82) is 0 Å². The average molecular weight is 503 g/mol. The standard InChI is InChI=1S/C22H37N3O2.HI/c1-4-23-22(25-19(3)18(2)21-9-6-5-7-10-21)24-13-8-14-27-17-20-11-15-26-16-12-20;/h5-7,9-10,18-20H,4,8,11-17H2,1-3H3,(H2,23,24,25);1H. The number of hydrogen-bond acceptors (Lipinski definition) is 3. The minimum Gasteiger partial charge on any atom is -0.381 e. The van der Waals surface area contributed by atoms with Crippen molar-refractivity contribution in [2.24, 2.45) is 10.9 Å². The summed E-state index contributed by atoms with van der Waals surface area (Å²) in [6.45, 7) is 11.6. The molecule has 1 heterocycles. The highest BCUT2D eigenvalue weighted by atomic mass is 127. The summed E-state index contributed by atoms with van der Waals surface area (Å²) in [4.78, 5) is 4.71. The molecule has 1 saturated heterocycles. The van der Waals surface area contributed by atoms with Crippen LogP contribution in [0.1, 0.15) is 51.5 Å². The fourth-order valence-corrected chi connectivity index (χ4v) is 3.23. The molecule has 0 aliphatic carbocycles. The average Bonchev–Trinajstić information content (AvgIpc) is 2.71. The second-order valence-corrected chi connectivity index (χ2v) is 7.38. The van der Waals surface area contributed by atoms with E-state index in [2.05, 4.69) is 61.7 Å². The van der Waals surface area contributed by atoms with E-state index in [9.17, 15) is 0 Å². The zero-order chi connectivity index (χ0) is 19.3. The molecule has 0 spiro atoms. The molecule has 1 aromatic rings. The van der Waals surface area contributed by atoms with E-state index < -0.39 is 0 Å². The third kappa shape index (κ3) is 9.56. The minimum absolute atomic E-state index is 0. The molecule has 28 heavy (non-hydrogen) atoms. The normalized spacial score (nSPS) is 17.5. The molecular weight excluding hydrogens is 465 g/mol. The lowest BCUT2D eigenvalue weighted by atomic mass is 9.94. The molecule has 0 amide bonds. The van der Waals surface area contributed by atoms with Crippen molar-refractivity contribution in [2.75, 3.05) is 39.5 Å². The van der Waals surface area contributed by atoms with E-state index >= 15 is 0 Å². The number of nitrogens with zero attached hydrogens (tertiary/aromatic N) is 1. The van der Waals surface area contributed by atoms with Gasteiger partial charge in [0, 0.05) is 51.5 Å². The third-order valence-corrected chi connectivity index (χ3v) is 5.20. The van der Waals surface area contributed by atoms with Crippen LogP contribution in [0, 0.1) is 5.92 Å². The van der Waals surface area contributed by atoms with Gasteiger partial charge >= 0.3 is 0 Å². The van der Waals surface area contributed by atoms with Crippen LogP contribution in [-0.4, -0.2) is 51.5 Å². The molecule has 2 atom stereocenters. The molecule has 0 aromatic heterocycles. The maximum absolute atomic E-state index is 5.83. The first-order valence-electron chi connectivity index (χ1n) is 10.5.